The summed E-state index contributed by atoms with van der Waals surface area (Å²) in [5.74, 6) is -0.493. The summed E-state index contributed by atoms with van der Waals surface area (Å²) in [6.45, 7) is 5.39. The molecule has 1 aromatic rings. The first-order valence-electron chi connectivity index (χ1n) is 7.78. The first kappa shape index (κ1) is 14.8. The fourth-order valence-electron chi connectivity index (χ4n) is 3.12. The average Bonchev–Trinajstić information content (AvgIpc) is 3.29. The van der Waals surface area contributed by atoms with Crippen LogP contribution in [0, 0.1) is 5.41 Å². The number of hydrogen-bond acceptors (Lipinski definition) is 3. The summed E-state index contributed by atoms with van der Waals surface area (Å²) in [5.41, 5.74) is 0.330. The third-order valence-corrected chi connectivity index (χ3v) is 4.70. The Bertz CT molecular complexity index is 610. The molecule has 3 amide bonds. The fourth-order valence-corrected chi connectivity index (χ4v) is 3.12. The lowest BCUT2D eigenvalue weighted by Gasteiger charge is -2.27. The molecule has 2 aliphatic rings. The van der Waals surface area contributed by atoms with Gasteiger partial charge in [-0.25, -0.2) is 0 Å². The van der Waals surface area contributed by atoms with Gasteiger partial charge in [0.2, 0.25) is 5.91 Å². The van der Waals surface area contributed by atoms with Crippen LogP contribution in [0.15, 0.2) is 24.3 Å². The Labute approximate surface area is 129 Å². The van der Waals surface area contributed by atoms with Crippen LogP contribution in [0.25, 0.3) is 0 Å². The number of benzene rings is 1. The molecule has 5 nitrogen and oxygen atoms in total. The molecule has 5 heteroatoms. The Balaban J connectivity index is 1.82. The zero-order valence-corrected chi connectivity index (χ0v) is 13.0. The van der Waals surface area contributed by atoms with Gasteiger partial charge in [0.15, 0.2) is 0 Å². The summed E-state index contributed by atoms with van der Waals surface area (Å²) in [6.07, 6.45) is 1.49. The van der Waals surface area contributed by atoms with Crippen molar-refractivity contribution in [3.8, 4) is 0 Å². The Morgan fingerprint density at radius 1 is 1.09 bits per heavy atom. The summed E-state index contributed by atoms with van der Waals surface area (Å²) in [6, 6.07) is 6.84. The molecule has 0 saturated heterocycles. The van der Waals surface area contributed by atoms with Gasteiger partial charge in [0.05, 0.1) is 16.5 Å². The van der Waals surface area contributed by atoms with Gasteiger partial charge in [-0.3, -0.25) is 19.3 Å². The van der Waals surface area contributed by atoms with Crippen molar-refractivity contribution in [1.29, 1.82) is 0 Å². The topological polar surface area (TPSA) is 57.7 Å². The van der Waals surface area contributed by atoms with Crippen LogP contribution in [0.3, 0.4) is 0 Å². The van der Waals surface area contributed by atoms with E-state index in [1.54, 1.807) is 29.2 Å². The first-order valence-corrected chi connectivity index (χ1v) is 7.78. The minimum atomic E-state index is -0.556. The monoisotopic (exact) mass is 300 g/mol. The molecule has 0 N–H and O–H groups in total. The quantitative estimate of drug-likeness (QED) is 0.781. The molecule has 1 fully saturated rings. The summed E-state index contributed by atoms with van der Waals surface area (Å²) in [4.78, 5) is 40.5. The largest absolute Gasteiger partial charge is 0.343 e. The molecule has 1 saturated carbocycles. The lowest BCUT2D eigenvalue weighted by atomic mass is 10.0. The van der Waals surface area contributed by atoms with Gasteiger partial charge in [0.1, 0.15) is 0 Å². The third-order valence-electron chi connectivity index (χ3n) is 4.70. The van der Waals surface area contributed by atoms with E-state index in [2.05, 4.69) is 0 Å². The molecule has 0 aromatic heterocycles. The predicted octanol–water partition coefficient (Wildman–Crippen LogP) is 1.93. The van der Waals surface area contributed by atoms with E-state index < -0.39 is 5.41 Å². The normalized spacial score (nSPS) is 18.4. The van der Waals surface area contributed by atoms with Crippen LogP contribution >= 0.6 is 0 Å². The molecule has 0 atom stereocenters. The zero-order chi connectivity index (χ0) is 15.9. The van der Waals surface area contributed by atoms with Crippen LogP contribution in [0.5, 0.6) is 0 Å². The van der Waals surface area contributed by atoms with Crippen LogP contribution in [-0.2, 0) is 4.79 Å². The van der Waals surface area contributed by atoms with Crippen molar-refractivity contribution in [2.75, 3.05) is 19.6 Å². The maximum Gasteiger partial charge on any atom is 0.261 e. The van der Waals surface area contributed by atoms with Crippen LogP contribution in [0.2, 0.25) is 0 Å². The number of carbonyl (C=O) groups is 3. The maximum atomic E-state index is 12.6. The molecule has 1 heterocycles. The van der Waals surface area contributed by atoms with Gasteiger partial charge in [-0.1, -0.05) is 12.1 Å². The van der Waals surface area contributed by atoms with Crippen molar-refractivity contribution in [1.82, 2.24) is 9.80 Å². The lowest BCUT2D eigenvalue weighted by Crippen LogP contribution is -2.44. The number of nitrogens with zero attached hydrogens (tertiary/aromatic N) is 2. The number of amides is 3. The van der Waals surface area contributed by atoms with E-state index in [0.29, 0.717) is 24.2 Å². The zero-order valence-electron chi connectivity index (χ0n) is 13.0. The smallest absolute Gasteiger partial charge is 0.261 e. The molecule has 1 aliphatic heterocycles. The van der Waals surface area contributed by atoms with Gasteiger partial charge < -0.3 is 4.90 Å². The molecule has 0 radical (unpaired) electrons. The standard InChI is InChI=1S/C17H20N2O3/c1-3-18(4-2)16(22)17(9-10-17)11-19-14(20)12-7-5-6-8-13(12)15(19)21/h5-8H,3-4,9-11H2,1-2H3. The van der Waals surface area contributed by atoms with Gasteiger partial charge in [-0.05, 0) is 38.8 Å². The highest BCUT2D eigenvalue weighted by molar-refractivity contribution is 6.21. The molecular formula is C17H20N2O3. The van der Waals surface area contributed by atoms with Crippen molar-refractivity contribution in [2.24, 2.45) is 5.41 Å². The Kier molecular flexibility index (Phi) is 3.51. The average molecular weight is 300 g/mol. The van der Waals surface area contributed by atoms with Gasteiger partial charge in [-0.15, -0.1) is 0 Å². The van der Waals surface area contributed by atoms with Gasteiger partial charge in [0.25, 0.3) is 11.8 Å². The van der Waals surface area contributed by atoms with Crippen molar-refractivity contribution in [3.63, 3.8) is 0 Å². The predicted molar refractivity (Wildman–Crippen MR) is 81.4 cm³/mol. The van der Waals surface area contributed by atoms with Crippen LogP contribution in [0.4, 0.5) is 0 Å². The van der Waals surface area contributed by atoms with E-state index in [1.807, 2.05) is 13.8 Å². The third kappa shape index (κ3) is 2.12. The molecule has 3 rings (SSSR count). The minimum absolute atomic E-state index is 0.0639. The Morgan fingerprint density at radius 2 is 1.59 bits per heavy atom. The van der Waals surface area contributed by atoms with E-state index in [4.69, 9.17) is 0 Å². The van der Waals surface area contributed by atoms with Crippen molar-refractivity contribution >= 4 is 17.7 Å². The van der Waals surface area contributed by atoms with Crippen LogP contribution in [-0.4, -0.2) is 47.2 Å². The highest BCUT2D eigenvalue weighted by Gasteiger charge is 2.54. The van der Waals surface area contributed by atoms with E-state index in [-0.39, 0.29) is 24.3 Å². The number of carbonyl (C=O) groups excluding carboxylic acids is 3. The number of rotatable bonds is 5. The molecule has 1 aliphatic carbocycles. The van der Waals surface area contributed by atoms with E-state index >= 15 is 0 Å². The molecular weight excluding hydrogens is 280 g/mol. The van der Waals surface area contributed by atoms with E-state index in [0.717, 1.165) is 12.8 Å². The van der Waals surface area contributed by atoms with Crippen molar-refractivity contribution in [2.45, 2.75) is 26.7 Å². The van der Waals surface area contributed by atoms with Gasteiger partial charge in [-0.2, -0.15) is 0 Å². The summed E-state index contributed by atoms with van der Waals surface area (Å²) >= 11 is 0. The molecule has 0 bridgehead atoms. The van der Waals surface area contributed by atoms with E-state index in [1.165, 1.54) is 4.90 Å². The molecule has 116 valence electrons. The minimum Gasteiger partial charge on any atom is -0.343 e. The summed E-state index contributed by atoms with van der Waals surface area (Å²) in [7, 11) is 0. The van der Waals surface area contributed by atoms with E-state index in [9.17, 15) is 14.4 Å². The fraction of sp³-hybridized carbons (Fsp3) is 0.471. The highest BCUT2D eigenvalue weighted by Crippen LogP contribution is 2.48. The second-order valence-corrected chi connectivity index (χ2v) is 6.00. The molecule has 22 heavy (non-hydrogen) atoms. The highest BCUT2D eigenvalue weighted by atomic mass is 16.2. The molecule has 0 unspecified atom stereocenters. The van der Waals surface area contributed by atoms with Crippen molar-refractivity contribution < 1.29 is 14.4 Å². The second kappa shape index (κ2) is 5.23. The lowest BCUT2D eigenvalue weighted by molar-refractivity contribution is -0.136. The Hall–Kier alpha value is -2.17. The van der Waals surface area contributed by atoms with Gasteiger partial charge >= 0.3 is 0 Å². The molecule has 1 aromatic carbocycles. The maximum absolute atomic E-state index is 12.6. The number of hydrogen-bond donors (Lipinski definition) is 0. The SMILES string of the molecule is CCN(CC)C(=O)C1(CN2C(=O)c3ccccc3C2=O)CC1. The summed E-state index contributed by atoms with van der Waals surface area (Å²) < 4.78 is 0. The molecule has 0 spiro atoms. The van der Waals surface area contributed by atoms with Gasteiger partial charge in [0, 0.05) is 19.6 Å². The first-order chi connectivity index (χ1) is 10.5. The number of imide groups is 1. The van der Waals surface area contributed by atoms with Crippen molar-refractivity contribution in [3.05, 3.63) is 35.4 Å². The number of fused-ring (bicyclic) bond motifs is 1. The van der Waals surface area contributed by atoms with Crippen LogP contribution in [0.1, 0.15) is 47.4 Å². The van der Waals surface area contributed by atoms with Crippen LogP contribution < -0.4 is 0 Å². The summed E-state index contributed by atoms with van der Waals surface area (Å²) in [5, 5.41) is 0. The second-order valence-electron chi connectivity index (χ2n) is 6.00. The Morgan fingerprint density at radius 3 is 2.00 bits per heavy atom.